The van der Waals surface area contributed by atoms with Crippen LogP contribution in [0.2, 0.25) is 0 Å². The van der Waals surface area contributed by atoms with E-state index in [1.54, 1.807) is 10.9 Å². The highest BCUT2D eigenvalue weighted by atomic mass is 16.1. The lowest BCUT2D eigenvalue weighted by Crippen LogP contribution is -2.26. The van der Waals surface area contributed by atoms with Gasteiger partial charge in [-0.05, 0) is 24.1 Å². The SMILES string of the molecule is CCC(C(N)=O)n1cc(-c2cccc(N)c2)cn1. The van der Waals surface area contributed by atoms with Gasteiger partial charge in [-0.3, -0.25) is 9.48 Å². The van der Waals surface area contributed by atoms with Crippen LogP contribution in [0.15, 0.2) is 36.7 Å². The third-order valence-corrected chi connectivity index (χ3v) is 2.86. The number of nitrogens with two attached hydrogens (primary N) is 2. The summed E-state index contributed by atoms with van der Waals surface area (Å²) in [5, 5.41) is 4.19. The average molecular weight is 244 g/mol. The van der Waals surface area contributed by atoms with Gasteiger partial charge in [0.2, 0.25) is 5.91 Å². The number of aromatic nitrogens is 2. The summed E-state index contributed by atoms with van der Waals surface area (Å²) < 4.78 is 1.60. The first-order valence-corrected chi connectivity index (χ1v) is 5.81. The van der Waals surface area contributed by atoms with Gasteiger partial charge in [0.05, 0.1) is 6.20 Å². The highest BCUT2D eigenvalue weighted by Gasteiger charge is 2.16. The Balaban J connectivity index is 2.33. The normalized spacial score (nSPS) is 12.3. The zero-order chi connectivity index (χ0) is 13.1. The highest BCUT2D eigenvalue weighted by molar-refractivity contribution is 5.78. The van der Waals surface area contributed by atoms with Crippen molar-refractivity contribution < 1.29 is 4.79 Å². The molecule has 94 valence electrons. The summed E-state index contributed by atoms with van der Waals surface area (Å²) in [5.41, 5.74) is 13.7. The molecule has 1 unspecified atom stereocenters. The van der Waals surface area contributed by atoms with Crippen molar-refractivity contribution in [3.63, 3.8) is 0 Å². The number of rotatable bonds is 4. The van der Waals surface area contributed by atoms with E-state index in [9.17, 15) is 4.79 Å². The lowest BCUT2D eigenvalue weighted by Gasteiger charge is -2.10. The fourth-order valence-electron chi connectivity index (χ4n) is 1.89. The minimum Gasteiger partial charge on any atom is -0.399 e. The van der Waals surface area contributed by atoms with Gasteiger partial charge in [0.15, 0.2) is 0 Å². The Bertz CT molecular complexity index is 562. The zero-order valence-electron chi connectivity index (χ0n) is 10.2. The van der Waals surface area contributed by atoms with Crippen molar-refractivity contribution in [2.45, 2.75) is 19.4 Å². The van der Waals surface area contributed by atoms with Gasteiger partial charge in [0.1, 0.15) is 6.04 Å². The second-order valence-corrected chi connectivity index (χ2v) is 4.16. The number of primary amides is 1. The Morgan fingerprint density at radius 2 is 2.22 bits per heavy atom. The molecule has 1 aromatic heterocycles. The minimum atomic E-state index is -0.403. The molecule has 4 N–H and O–H groups in total. The van der Waals surface area contributed by atoms with Crippen LogP contribution < -0.4 is 11.5 Å². The maximum atomic E-state index is 11.3. The maximum Gasteiger partial charge on any atom is 0.242 e. The summed E-state index contributed by atoms with van der Waals surface area (Å²) >= 11 is 0. The predicted octanol–water partition coefficient (Wildman–Crippen LogP) is 1.57. The van der Waals surface area contributed by atoms with E-state index >= 15 is 0 Å². The number of benzene rings is 1. The van der Waals surface area contributed by atoms with Crippen LogP contribution >= 0.6 is 0 Å². The van der Waals surface area contributed by atoms with Gasteiger partial charge in [-0.25, -0.2) is 0 Å². The van der Waals surface area contributed by atoms with E-state index in [2.05, 4.69) is 5.10 Å². The maximum absolute atomic E-state index is 11.3. The molecular weight excluding hydrogens is 228 g/mol. The van der Waals surface area contributed by atoms with Crippen molar-refractivity contribution in [1.82, 2.24) is 9.78 Å². The molecule has 0 saturated heterocycles. The van der Waals surface area contributed by atoms with Gasteiger partial charge in [0.25, 0.3) is 0 Å². The molecule has 0 aliphatic heterocycles. The number of carbonyl (C=O) groups is 1. The molecule has 0 radical (unpaired) electrons. The first-order chi connectivity index (χ1) is 8.61. The molecule has 18 heavy (non-hydrogen) atoms. The molecule has 1 aromatic carbocycles. The van der Waals surface area contributed by atoms with Gasteiger partial charge in [-0.2, -0.15) is 5.10 Å². The zero-order valence-corrected chi connectivity index (χ0v) is 10.2. The molecule has 2 aromatic rings. The number of anilines is 1. The van der Waals surface area contributed by atoms with Crippen LogP contribution in [0.4, 0.5) is 5.69 Å². The lowest BCUT2D eigenvalue weighted by molar-refractivity contribution is -0.121. The molecule has 0 aliphatic carbocycles. The number of nitrogen functional groups attached to an aromatic ring is 1. The molecule has 1 heterocycles. The van der Waals surface area contributed by atoms with Crippen LogP contribution in [0.5, 0.6) is 0 Å². The summed E-state index contributed by atoms with van der Waals surface area (Å²) in [4.78, 5) is 11.3. The Labute approximate surface area is 105 Å². The second kappa shape index (κ2) is 4.91. The summed E-state index contributed by atoms with van der Waals surface area (Å²) in [6.07, 6.45) is 4.14. The van der Waals surface area contributed by atoms with Gasteiger partial charge in [-0.1, -0.05) is 19.1 Å². The van der Waals surface area contributed by atoms with Crippen LogP contribution in [0.25, 0.3) is 11.1 Å². The molecular formula is C13H16N4O. The molecule has 0 aliphatic rings. The Morgan fingerprint density at radius 3 is 2.83 bits per heavy atom. The number of hydrogen-bond donors (Lipinski definition) is 2. The molecule has 0 spiro atoms. The van der Waals surface area contributed by atoms with E-state index in [1.807, 2.05) is 37.4 Å². The topological polar surface area (TPSA) is 86.9 Å². The first-order valence-electron chi connectivity index (χ1n) is 5.81. The van der Waals surface area contributed by atoms with Gasteiger partial charge in [-0.15, -0.1) is 0 Å². The quantitative estimate of drug-likeness (QED) is 0.800. The first kappa shape index (κ1) is 12.2. The van der Waals surface area contributed by atoms with E-state index in [1.165, 1.54) is 0 Å². The Hall–Kier alpha value is -2.30. The summed E-state index contributed by atoms with van der Waals surface area (Å²) in [7, 11) is 0. The summed E-state index contributed by atoms with van der Waals surface area (Å²) in [5.74, 6) is -0.375. The molecule has 2 rings (SSSR count). The van der Waals surface area contributed by atoms with E-state index in [4.69, 9.17) is 11.5 Å². The van der Waals surface area contributed by atoms with Crippen molar-refractivity contribution >= 4 is 11.6 Å². The average Bonchev–Trinajstić information content (AvgIpc) is 2.79. The summed E-state index contributed by atoms with van der Waals surface area (Å²) in [6, 6.07) is 7.12. The van der Waals surface area contributed by atoms with E-state index < -0.39 is 6.04 Å². The molecule has 0 saturated carbocycles. The van der Waals surface area contributed by atoms with Crippen molar-refractivity contribution in [1.29, 1.82) is 0 Å². The molecule has 0 bridgehead atoms. The molecule has 0 fully saturated rings. The van der Waals surface area contributed by atoms with Gasteiger partial charge >= 0.3 is 0 Å². The van der Waals surface area contributed by atoms with Crippen LogP contribution in [0.3, 0.4) is 0 Å². The van der Waals surface area contributed by atoms with Crippen LogP contribution in [-0.4, -0.2) is 15.7 Å². The number of carbonyl (C=O) groups excluding carboxylic acids is 1. The molecule has 1 amide bonds. The van der Waals surface area contributed by atoms with Gasteiger partial charge < -0.3 is 11.5 Å². The van der Waals surface area contributed by atoms with Crippen LogP contribution in [-0.2, 0) is 4.79 Å². The molecule has 5 nitrogen and oxygen atoms in total. The molecule has 5 heteroatoms. The standard InChI is InChI=1S/C13H16N4O/c1-2-12(13(15)18)17-8-10(7-16-17)9-4-3-5-11(14)6-9/h3-8,12H,2,14H2,1H3,(H2,15,18). The van der Waals surface area contributed by atoms with E-state index in [0.717, 1.165) is 11.1 Å². The molecule has 1 atom stereocenters. The third kappa shape index (κ3) is 2.34. The fraction of sp³-hybridized carbons (Fsp3) is 0.231. The van der Waals surface area contributed by atoms with E-state index in [-0.39, 0.29) is 5.91 Å². The largest absolute Gasteiger partial charge is 0.399 e. The van der Waals surface area contributed by atoms with Crippen molar-refractivity contribution in [2.75, 3.05) is 5.73 Å². The fourth-order valence-corrected chi connectivity index (χ4v) is 1.89. The number of nitrogens with zero attached hydrogens (tertiary/aromatic N) is 2. The van der Waals surface area contributed by atoms with Crippen LogP contribution in [0.1, 0.15) is 19.4 Å². The number of hydrogen-bond acceptors (Lipinski definition) is 3. The second-order valence-electron chi connectivity index (χ2n) is 4.16. The lowest BCUT2D eigenvalue weighted by atomic mass is 10.1. The summed E-state index contributed by atoms with van der Waals surface area (Å²) in [6.45, 7) is 1.90. The van der Waals surface area contributed by atoms with Crippen LogP contribution in [0, 0.1) is 0 Å². The minimum absolute atomic E-state index is 0.375. The van der Waals surface area contributed by atoms with Crippen molar-refractivity contribution in [3.8, 4) is 11.1 Å². The van der Waals surface area contributed by atoms with Crippen molar-refractivity contribution in [2.24, 2.45) is 5.73 Å². The Morgan fingerprint density at radius 1 is 1.44 bits per heavy atom. The monoisotopic (exact) mass is 244 g/mol. The smallest absolute Gasteiger partial charge is 0.242 e. The third-order valence-electron chi connectivity index (χ3n) is 2.86. The number of amides is 1. The van der Waals surface area contributed by atoms with E-state index in [0.29, 0.717) is 12.1 Å². The highest BCUT2D eigenvalue weighted by Crippen LogP contribution is 2.22. The predicted molar refractivity (Wildman–Crippen MR) is 70.6 cm³/mol. The van der Waals surface area contributed by atoms with Gasteiger partial charge in [0, 0.05) is 17.4 Å². The van der Waals surface area contributed by atoms with Crippen molar-refractivity contribution in [3.05, 3.63) is 36.7 Å². The Kier molecular flexibility index (Phi) is 3.32.